The Morgan fingerprint density at radius 3 is 2.60 bits per heavy atom. The van der Waals surface area contributed by atoms with Crippen LogP contribution in [0.5, 0.6) is 0 Å². The van der Waals surface area contributed by atoms with Gasteiger partial charge in [0.25, 0.3) is 0 Å². The van der Waals surface area contributed by atoms with Gasteiger partial charge in [-0.05, 0) is 12.0 Å². The SMILES string of the molecule is [2H]c1c([2H])c([2H])c(CCNC(=N)NC(=N)N)c([2H])c1[2H]. The molecule has 6 N–H and O–H groups in total. The Morgan fingerprint density at radius 2 is 2.00 bits per heavy atom. The summed E-state index contributed by atoms with van der Waals surface area (Å²) in [4.78, 5) is 0. The van der Waals surface area contributed by atoms with E-state index in [0.717, 1.165) is 0 Å². The van der Waals surface area contributed by atoms with E-state index in [9.17, 15) is 0 Å². The molecule has 0 heterocycles. The van der Waals surface area contributed by atoms with Crippen LogP contribution < -0.4 is 16.4 Å². The van der Waals surface area contributed by atoms with E-state index in [1.807, 2.05) is 0 Å². The minimum atomic E-state index is -0.428. The van der Waals surface area contributed by atoms with Crippen molar-refractivity contribution < 1.29 is 6.85 Å². The number of hydrogen-bond donors (Lipinski definition) is 5. The van der Waals surface area contributed by atoms with Crippen LogP contribution in [0.15, 0.2) is 30.2 Å². The van der Waals surface area contributed by atoms with E-state index in [-0.39, 0.29) is 54.6 Å². The Bertz CT molecular complexity index is 530. The molecule has 0 amide bonds. The van der Waals surface area contributed by atoms with Crippen LogP contribution >= 0.6 is 0 Å². The van der Waals surface area contributed by atoms with E-state index in [4.69, 9.17) is 23.4 Å². The molecule has 5 nitrogen and oxygen atoms in total. The van der Waals surface area contributed by atoms with Gasteiger partial charge in [0.1, 0.15) is 0 Å². The summed E-state index contributed by atoms with van der Waals surface area (Å²) >= 11 is 0. The van der Waals surface area contributed by atoms with Gasteiger partial charge >= 0.3 is 0 Å². The van der Waals surface area contributed by atoms with Gasteiger partial charge in [-0.1, -0.05) is 30.2 Å². The lowest BCUT2D eigenvalue weighted by Gasteiger charge is -2.08. The average molecular weight is 210 g/mol. The Morgan fingerprint density at radius 1 is 1.33 bits per heavy atom. The van der Waals surface area contributed by atoms with Crippen molar-refractivity contribution in [1.82, 2.24) is 10.6 Å². The van der Waals surface area contributed by atoms with E-state index in [0.29, 0.717) is 0 Å². The minimum Gasteiger partial charge on any atom is -0.370 e. The molecule has 1 rings (SSSR count). The molecule has 0 aromatic heterocycles. The van der Waals surface area contributed by atoms with Crippen molar-refractivity contribution in [3.63, 3.8) is 0 Å². The third-order valence-electron chi connectivity index (χ3n) is 1.49. The van der Waals surface area contributed by atoms with Crippen molar-refractivity contribution in [2.24, 2.45) is 5.73 Å². The quantitative estimate of drug-likeness (QED) is 0.365. The van der Waals surface area contributed by atoms with Crippen LogP contribution in [0.3, 0.4) is 0 Å². The lowest BCUT2D eigenvalue weighted by Crippen LogP contribution is -2.43. The number of rotatable bonds is 3. The molecule has 0 bridgehead atoms. The Hall–Kier alpha value is -2.04. The van der Waals surface area contributed by atoms with Crippen molar-refractivity contribution in [2.75, 3.05) is 6.54 Å². The highest BCUT2D eigenvalue weighted by Gasteiger charge is 1.96. The predicted molar refractivity (Wildman–Crippen MR) is 60.9 cm³/mol. The Labute approximate surface area is 95.7 Å². The van der Waals surface area contributed by atoms with Gasteiger partial charge in [-0.3, -0.25) is 16.1 Å². The highest BCUT2D eigenvalue weighted by Crippen LogP contribution is 1.97. The molecule has 0 aliphatic rings. The highest BCUT2D eigenvalue weighted by molar-refractivity contribution is 5.94. The summed E-state index contributed by atoms with van der Waals surface area (Å²) < 4.78 is 37.9. The zero-order valence-corrected chi connectivity index (χ0v) is 7.99. The monoisotopic (exact) mass is 210 g/mol. The van der Waals surface area contributed by atoms with Crippen LogP contribution in [0.1, 0.15) is 12.4 Å². The number of guanidine groups is 2. The first-order valence-electron chi connectivity index (χ1n) is 6.75. The maximum Gasteiger partial charge on any atom is 0.195 e. The maximum absolute atomic E-state index is 7.71. The molecule has 0 fully saturated rings. The second-order valence-electron chi connectivity index (χ2n) is 2.69. The van der Waals surface area contributed by atoms with Crippen LogP contribution in [0.2, 0.25) is 0 Å². The number of nitrogens with one attached hydrogen (secondary N) is 4. The average Bonchev–Trinajstić information content (AvgIpc) is 2.37. The third-order valence-corrected chi connectivity index (χ3v) is 1.49. The first-order valence-corrected chi connectivity index (χ1v) is 4.25. The standard InChI is InChI=1S/C10H15N5/c11-9(12)15-10(13)14-7-6-8-4-2-1-3-5-8/h1-5H,6-7H2,(H6,11,12,13,14,15)/i1D,2D,3D,4D,5D. The van der Waals surface area contributed by atoms with Crippen LogP contribution in [-0.4, -0.2) is 18.5 Å². The summed E-state index contributed by atoms with van der Waals surface area (Å²) in [6.45, 7) is 0.174. The molecule has 0 spiro atoms. The van der Waals surface area contributed by atoms with Crippen LogP contribution in [0.25, 0.3) is 0 Å². The van der Waals surface area contributed by atoms with Gasteiger partial charge in [-0.2, -0.15) is 0 Å². The fraction of sp³-hybridized carbons (Fsp3) is 0.200. The zero-order valence-electron chi connectivity index (χ0n) is 13.0. The largest absolute Gasteiger partial charge is 0.370 e. The first kappa shape index (κ1) is 5.75. The molecule has 1 aromatic rings. The van der Waals surface area contributed by atoms with Gasteiger partial charge in [-0.15, -0.1) is 0 Å². The summed E-state index contributed by atoms with van der Waals surface area (Å²) in [5, 5.41) is 19.1. The summed E-state index contributed by atoms with van der Waals surface area (Å²) in [6, 6.07) is -1.67. The topological polar surface area (TPSA) is 97.8 Å². The van der Waals surface area contributed by atoms with Crippen LogP contribution in [0, 0.1) is 10.8 Å². The minimum absolute atomic E-state index is 0.150. The highest BCUT2D eigenvalue weighted by atomic mass is 15.2. The molecular weight excluding hydrogens is 190 g/mol. The van der Waals surface area contributed by atoms with Crippen molar-refractivity contribution >= 4 is 11.9 Å². The normalized spacial score (nSPS) is 14.0. The molecule has 0 saturated carbocycles. The molecular formula is C10H15N5. The Balaban J connectivity index is 2.79. The van der Waals surface area contributed by atoms with E-state index >= 15 is 0 Å². The van der Waals surface area contributed by atoms with Gasteiger partial charge in [-0.25, -0.2) is 0 Å². The van der Waals surface area contributed by atoms with Gasteiger partial charge < -0.3 is 11.1 Å². The molecule has 0 saturated heterocycles. The molecule has 15 heavy (non-hydrogen) atoms. The van der Waals surface area contributed by atoms with Crippen molar-refractivity contribution in [2.45, 2.75) is 6.42 Å². The van der Waals surface area contributed by atoms with Crippen LogP contribution in [-0.2, 0) is 6.42 Å². The van der Waals surface area contributed by atoms with Gasteiger partial charge in [0, 0.05) is 6.54 Å². The summed E-state index contributed by atoms with van der Waals surface area (Å²) in [6.07, 6.45) is 0.150. The van der Waals surface area contributed by atoms with Gasteiger partial charge in [0.05, 0.1) is 6.85 Å². The third kappa shape index (κ3) is 4.66. The van der Waals surface area contributed by atoms with Crippen molar-refractivity contribution in [3.8, 4) is 0 Å². The summed E-state index contributed by atoms with van der Waals surface area (Å²) in [5.41, 5.74) is 5.22. The molecule has 0 unspecified atom stereocenters. The van der Waals surface area contributed by atoms with Crippen molar-refractivity contribution in [3.05, 3.63) is 35.8 Å². The zero-order chi connectivity index (χ0) is 15.4. The van der Waals surface area contributed by atoms with E-state index in [1.165, 1.54) is 0 Å². The molecule has 0 radical (unpaired) electrons. The fourth-order valence-electron chi connectivity index (χ4n) is 0.892. The van der Waals surface area contributed by atoms with E-state index < -0.39 is 6.04 Å². The van der Waals surface area contributed by atoms with Gasteiger partial charge in [0.15, 0.2) is 11.9 Å². The number of nitrogens with two attached hydrogens (primary N) is 1. The molecule has 5 heteroatoms. The van der Waals surface area contributed by atoms with E-state index in [2.05, 4.69) is 10.6 Å². The van der Waals surface area contributed by atoms with E-state index in [1.54, 1.807) is 0 Å². The van der Waals surface area contributed by atoms with Gasteiger partial charge in [0.2, 0.25) is 0 Å². The number of hydrogen-bond acceptors (Lipinski definition) is 2. The second kappa shape index (κ2) is 5.64. The molecule has 0 aliphatic heterocycles. The van der Waals surface area contributed by atoms with Crippen LogP contribution in [0.4, 0.5) is 0 Å². The fourth-order valence-corrected chi connectivity index (χ4v) is 0.892. The number of benzene rings is 1. The second-order valence-corrected chi connectivity index (χ2v) is 2.69. The summed E-state index contributed by atoms with van der Waals surface area (Å²) in [5.74, 6) is -0.574. The Kier molecular flexibility index (Phi) is 2.16. The predicted octanol–water partition coefficient (Wildman–Crippen LogP) is 0.237. The smallest absolute Gasteiger partial charge is 0.195 e. The lowest BCUT2D eigenvalue weighted by atomic mass is 10.1. The molecule has 1 aromatic carbocycles. The lowest BCUT2D eigenvalue weighted by molar-refractivity contribution is 0.841. The molecule has 80 valence electrons. The molecule has 0 aliphatic carbocycles. The first-order chi connectivity index (χ1) is 9.25. The molecule has 0 atom stereocenters. The summed E-state index contributed by atoms with van der Waals surface area (Å²) in [7, 11) is 0. The maximum atomic E-state index is 7.71. The van der Waals surface area contributed by atoms with Crippen molar-refractivity contribution in [1.29, 1.82) is 10.8 Å².